The second-order valence-electron chi connectivity index (χ2n) is 6.65. The van der Waals surface area contributed by atoms with Gasteiger partial charge in [-0.2, -0.15) is 17.9 Å². The molecule has 0 aromatic heterocycles. The van der Waals surface area contributed by atoms with Crippen LogP contribution in [0.2, 0.25) is 0 Å². The zero-order valence-corrected chi connectivity index (χ0v) is 14.7. The van der Waals surface area contributed by atoms with Crippen LogP contribution in [0.5, 0.6) is 0 Å². The van der Waals surface area contributed by atoms with E-state index in [0.717, 1.165) is 16.6 Å². The fourth-order valence-corrected chi connectivity index (χ4v) is 2.53. The second kappa shape index (κ2) is 6.12. The van der Waals surface area contributed by atoms with Crippen LogP contribution in [0.15, 0.2) is 23.7 Å². The molecule has 0 radical (unpaired) electrons. The minimum atomic E-state index is -0.391. The quantitative estimate of drug-likeness (QED) is 0.681. The van der Waals surface area contributed by atoms with Crippen molar-refractivity contribution in [1.82, 2.24) is 0 Å². The summed E-state index contributed by atoms with van der Waals surface area (Å²) in [4.78, 5) is 0. The Hall–Kier alpha value is -1.22. The molecule has 1 fully saturated rings. The summed E-state index contributed by atoms with van der Waals surface area (Å²) >= 11 is 4.43. The summed E-state index contributed by atoms with van der Waals surface area (Å²) < 4.78 is 12.2. The Labute approximate surface area is 138 Å². The van der Waals surface area contributed by atoms with Gasteiger partial charge in [-0.25, -0.2) is 0 Å². The Morgan fingerprint density at radius 3 is 2.32 bits per heavy atom. The summed E-state index contributed by atoms with van der Waals surface area (Å²) in [5.41, 5.74) is 3.03. The third-order valence-electron chi connectivity index (χ3n) is 4.48. The largest absolute Gasteiger partial charge is 0.491 e. The molecule has 1 heterocycles. The second-order valence-corrected chi connectivity index (χ2v) is 6.97. The lowest BCUT2D eigenvalue weighted by atomic mass is 9.78. The van der Waals surface area contributed by atoms with Crippen LogP contribution in [0.1, 0.15) is 44.4 Å². The van der Waals surface area contributed by atoms with Crippen LogP contribution in [0, 0.1) is 18.3 Å². The van der Waals surface area contributed by atoms with E-state index in [-0.39, 0.29) is 11.2 Å². The van der Waals surface area contributed by atoms with E-state index in [1.165, 1.54) is 0 Å². The van der Waals surface area contributed by atoms with Gasteiger partial charge in [0.2, 0.25) is 0 Å². The van der Waals surface area contributed by atoms with Crippen molar-refractivity contribution in [2.75, 3.05) is 5.75 Å². The van der Waals surface area contributed by atoms with Crippen molar-refractivity contribution in [1.29, 1.82) is 5.26 Å². The van der Waals surface area contributed by atoms with E-state index in [1.807, 2.05) is 58.9 Å². The van der Waals surface area contributed by atoms with E-state index in [1.54, 1.807) is 0 Å². The number of aryl methyl sites for hydroxylation is 1. The summed E-state index contributed by atoms with van der Waals surface area (Å²) in [5, 5.41) is 8.95. The Kier molecular flexibility index (Phi) is 4.77. The lowest BCUT2D eigenvalue weighted by molar-refractivity contribution is 0.00578. The van der Waals surface area contributed by atoms with Gasteiger partial charge in [0.1, 0.15) is 0 Å². The molecule has 0 bridgehead atoms. The molecule has 22 heavy (non-hydrogen) atoms. The van der Waals surface area contributed by atoms with E-state index in [9.17, 15) is 0 Å². The first-order valence-corrected chi connectivity index (χ1v) is 8.01. The molecular formula is C17H22BNO2S. The number of thiol groups is 1. The predicted octanol–water partition coefficient (Wildman–Crippen LogP) is 3.81. The van der Waals surface area contributed by atoms with Gasteiger partial charge in [-0.05, 0) is 63.4 Å². The molecule has 1 saturated heterocycles. The van der Waals surface area contributed by atoms with Gasteiger partial charge in [0.25, 0.3) is 0 Å². The summed E-state index contributed by atoms with van der Waals surface area (Å²) in [6.45, 7) is 10.1. The van der Waals surface area contributed by atoms with E-state index >= 15 is 0 Å². The number of nitriles is 1. The Bertz CT molecular complexity index is 631. The first-order chi connectivity index (χ1) is 10.2. The van der Waals surface area contributed by atoms with E-state index in [0.29, 0.717) is 11.3 Å². The first-order valence-electron chi connectivity index (χ1n) is 7.38. The molecule has 1 aliphatic rings. The SMILES string of the molecule is Cc1cc(C#N)ccc1C=C(CS)B1OC(C)(C)C(C)(C)O1. The molecule has 0 atom stereocenters. The van der Waals surface area contributed by atoms with Crippen molar-refractivity contribution in [3.8, 4) is 6.07 Å². The Morgan fingerprint density at radius 2 is 1.86 bits per heavy atom. The maximum Gasteiger partial charge on any atom is 0.491 e. The molecule has 0 unspecified atom stereocenters. The molecule has 116 valence electrons. The number of benzene rings is 1. The highest BCUT2D eigenvalue weighted by Crippen LogP contribution is 2.39. The zero-order valence-electron chi connectivity index (χ0n) is 13.8. The molecule has 1 aliphatic heterocycles. The van der Waals surface area contributed by atoms with Crippen LogP contribution in [-0.2, 0) is 9.31 Å². The molecule has 0 N–H and O–H groups in total. The highest BCUT2D eigenvalue weighted by atomic mass is 32.1. The van der Waals surface area contributed by atoms with E-state index in [4.69, 9.17) is 14.6 Å². The summed E-state index contributed by atoms with van der Waals surface area (Å²) in [6.07, 6.45) is 2.05. The Balaban J connectivity index is 2.32. The maximum absolute atomic E-state index is 8.95. The molecule has 1 aromatic carbocycles. The van der Waals surface area contributed by atoms with Crippen LogP contribution < -0.4 is 0 Å². The highest BCUT2D eigenvalue weighted by molar-refractivity contribution is 7.80. The van der Waals surface area contributed by atoms with Crippen LogP contribution in [0.4, 0.5) is 0 Å². The van der Waals surface area contributed by atoms with Crippen molar-refractivity contribution in [3.05, 3.63) is 40.4 Å². The summed E-state index contributed by atoms with van der Waals surface area (Å²) in [7, 11) is -0.391. The molecule has 3 nitrogen and oxygen atoms in total. The standard InChI is InChI=1S/C17H22BNO2S/c1-12-8-13(10-19)6-7-14(12)9-15(11-22)18-20-16(2,3)17(4,5)21-18/h6-9,22H,11H2,1-5H3. The fraction of sp³-hybridized carbons (Fsp3) is 0.471. The van der Waals surface area contributed by atoms with Crippen molar-refractivity contribution in [3.63, 3.8) is 0 Å². The minimum absolute atomic E-state index is 0.362. The number of nitrogens with zero attached hydrogens (tertiary/aromatic N) is 1. The predicted molar refractivity (Wildman–Crippen MR) is 93.8 cm³/mol. The summed E-state index contributed by atoms with van der Waals surface area (Å²) in [6, 6.07) is 7.80. The van der Waals surface area contributed by atoms with Gasteiger partial charge in [-0.3, -0.25) is 0 Å². The lowest BCUT2D eigenvalue weighted by Gasteiger charge is -2.32. The topological polar surface area (TPSA) is 42.2 Å². The van der Waals surface area contributed by atoms with Crippen LogP contribution >= 0.6 is 12.6 Å². The van der Waals surface area contributed by atoms with Crippen LogP contribution in [0.3, 0.4) is 0 Å². The fourth-order valence-electron chi connectivity index (χ4n) is 2.29. The average molecular weight is 315 g/mol. The van der Waals surface area contributed by atoms with Gasteiger partial charge in [-0.1, -0.05) is 12.1 Å². The average Bonchev–Trinajstić information content (AvgIpc) is 2.65. The zero-order chi connectivity index (χ0) is 16.5. The monoisotopic (exact) mass is 315 g/mol. The molecule has 0 amide bonds. The smallest absolute Gasteiger partial charge is 0.400 e. The first kappa shape index (κ1) is 17.1. The van der Waals surface area contributed by atoms with Gasteiger partial charge in [0.15, 0.2) is 0 Å². The minimum Gasteiger partial charge on any atom is -0.400 e. The summed E-state index contributed by atoms with van der Waals surface area (Å²) in [5.74, 6) is 0.552. The van der Waals surface area contributed by atoms with Crippen molar-refractivity contribution >= 4 is 25.8 Å². The third kappa shape index (κ3) is 3.25. The molecule has 2 rings (SSSR count). The van der Waals surface area contributed by atoms with Gasteiger partial charge < -0.3 is 9.31 Å². The molecule has 0 saturated carbocycles. The maximum atomic E-state index is 8.95. The van der Waals surface area contributed by atoms with Crippen molar-refractivity contribution in [2.45, 2.75) is 45.8 Å². The van der Waals surface area contributed by atoms with E-state index < -0.39 is 7.12 Å². The van der Waals surface area contributed by atoms with Crippen molar-refractivity contribution < 1.29 is 9.31 Å². The van der Waals surface area contributed by atoms with Gasteiger partial charge in [0, 0.05) is 5.75 Å². The van der Waals surface area contributed by atoms with E-state index in [2.05, 4.69) is 18.7 Å². The molecule has 0 spiro atoms. The molecule has 5 heteroatoms. The Morgan fingerprint density at radius 1 is 1.27 bits per heavy atom. The molecule has 1 aromatic rings. The van der Waals surface area contributed by atoms with Crippen LogP contribution in [-0.4, -0.2) is 24.1 Å². The van der Waals surface area contributed by atoms with Crippen molar-refractivity contribution in [2.24, 2.45) is 0 Å². The molecule has 0 aliphatic carbocycles. The van der Waals surface area contributed by atoms with Gasteiger partial charge in [0.05, 0.1) is 22.8 Å². The third-order valence-corrected chi connectivity index (χ3v) is 4.84. The highest BCUT2D eigenvalue weighted by Gasteiger charge is 2.52. The number of hydrogen-bond donors (Lipinski definition) is 1. The molecular weight excluding hydrogens is 293 g/mol. The number of hydrogen-bond acceptors (Lipinski definition) is 4. The number of rotatable bonds is 3. The van der Waals surface area contributed by atoms with Gasteiger partial charge >= 0.3 is 7.12 Å². The normalized spacial score (nSPS) is 20.0. The van der Waals surface area contributed by atoms with Gasteiger partial charge in [-0.15, -0.1) is 0 Å². The lowest BCUT2D eigenvalue weighted by Crippen LogP contribution is -2.41. The van der Waals surface area contributed by atoms with Crippen LogP contribution in [0.25, 0.3) is 6.08 Å².